The number of hydrogen-bond acceptors (Lipinski definition) is 3. The standard InChI is InChI=1S/C14H25N3/c1-14(2,3)11-6-4-10(5-7-11)12-8-9-13(15)17-16-12/h10-11H,4-9H2,1-3H3,(H2,15,17). The monoisotopic (exact) mass is 235 g/mol. The SMILES string of the molecule is CC(C)(C)C1CCC(C2=NN=C(N)CC2)CC1. The van der Waals surface area contributed by atoms with Crippen LogP contribution in [-0.2, 0) is 0 Å². The lowest BCUT2D eigenvalue weighted by atomic mass is 9.69. The van der Waals surface area contributed by atoms with Crippen LogP contribution in [0.2, 0.25) is 0 Å². The van der Waals surface area contributed by atoms with Crippen molar-refractivity contribution in [1.82, 2.24) is 0 Å². The first-order chi connectivity index (χ1) is 7.97. The fourth-order valence-corrected chi connectivity index (χ4v) is 3.06. The molecule has 0 aromatic rings. The molecule has 3 heteroatoms. The number of nitrogens with two attached hydrogens (primary N) is 1. The molecule has 0 aromatic heterocycles. The van der Waals surface area contributed by atoms with E-state index in [1.165, 1.54) is 31.4 Å². The molecule has 1 saturated carbocycles. The van der Waals surface area contributed by atoms with Crippen molar-refractivity contribution < 1.29 is 0 Å². The summed E-state index contributed by atoms with van der Waals surface area (Å²) in [7, 11) is 0. The highest BCUT2D eigenvalue weighted by Crippen LogP contribution is 2.40. The van der Waals surface area contributed by atoms with Gasteiger partial charge in [0.2, 0.25) is 0 Å². The summed E-state index contributed by atoms with van der Waals surface area (Å²) in [6, 6.07) is 0. The van der Waals surface area contributed by atoms with E-state index in [0.29, 0.717) is 17.2 Å². The van der Waals surface area contributed by atoms with Gasteiger partial charge in [0.15, 0.2) is 0 Å². The molecule has 0 saturated heterocycles. The summed E-state index contributed by atoms with van der Waals surface area (Å²) < 4.78 is 0. The molecule has 0 spiro atoms. The Hall–Kier alpha value is -0.860. The number of rotatable bonds is 1. The minimum absolute atomic E-state index is 0.460. The molecular formula is C14H25N3. The zero-order valence-electron chi connectivity index (χ0n) is 11.4. The van der Waals surface area contributed by atoms with Crippen LogP contribution >= 0.6 is 0 Å². The molecule has 1 aliphatic heterocycles. The van der Waals surface area contributed by atoms with Gasteiger partial charge in [0.1, 0.15) is 5.84 Å². The largest absolute Gasteiger partial charge is 0.386 e. The molecule has 1 aliphatic carbocycles. The van der Waals surface area contributed by atoms with E-state index >= 15 is 0 Å². The Morgan fingerprint density at radius 2 is 1.65 bits per heavy atom. The highest BCUT2D eigenvalue weighted by molar-refractivity contribution is 5.94. The molecule has 3 nitrogen and oxygen atoms in total. The van der Waals surface area contributed by atoms with E-state index in [9.17, 15) is 0 Å². The fourth-order valence-electron chi connectivity index (χ4n) is 3.06. The first-order valence-corrected chi connectivity index (χ1v) is 6.85. The molecule has 0 bridgehead atoms. The van der Waals surface area contributed by atoms with Gasteiger partial charge in [0.25, 0.3) is 0 Å². The van der Waals surface area contributed by atoms with E-state index in [-0.39, 0.29) is 0 Å². The lowest BCUT2D eigenvalue weighted by Crippen LogP contribution is -2.30. The molecule has 1 heterocycles. The Kier molecular flexibility index (Phi) is 3.55. The number of amidine groups is 1. The van der Waals surface area contributed by atoms with Gasteiger partial charge in [-0.1, -0.05) is 20.8 Å². The topological polar surface area (TPSA) is 50.7 Å². The van der Waals surface area contributed by atoms with Crippen LogP contribution in [0.5, 0.6) is 0 Å². The first-order valence-electron chi connectivity index (χ1n) is 6.85. The van der Waals surface area contributed by atoms with Crippen LogP contribution in [0, 0.1) is 17.3 Å². The highest BCUT2D eigenvalue weighted by Gasteiger charge is 2.31. The van der Waals surface area contributed by atoms with E-state index in [0.717, 1.165) is 18.8 Å². The normalized spacial score (nSPS) is 30.8. The van der Waals surface area contributed by atoms with Crippen LogP contribution in [0.15, 0.2) is 10.2 Å². The summed E-state index contributed by atoms with van der Waals surface area (Å²) in [4.78, 5) is 0. The van der Waals surface area contributed by atoms with Crippen molar-refractivity contribution in [2.45, 2.75) is 59.3 Å². The Morgan fingerprint density at radius 1 is 1.00 bits per heavy atom. The summed E-state index contributed by atoms with van der Waals surface area (Å²) in [6.45, 7) is 7.09. The van der Waals surface area contributed by atoms with Crippen molar-refractivity contribution in [2.24, 2.45) is 33.2 Å². The van der Waals surface area contributed by atoms with Gasteiger partial charge in [-0.25, -0.2) is 0 Å². The van der Waals surface area contributed by atoms with E-state index in [1.807, 2.05) is 0 Å². The number of hydrogen-bond donors (Lipinski definition) is 1. The Morgan fingerprint density at radius 3 is 2.12 bits per heavy atom. The molecule has 0 radical (unpaired) electrons. The fraction of sp³-hybridized carbons (Fsp3) is 0.857. The van der Waals surface area contributed by atoms with Crippen LogP contribution in [-0.4, -0.2) is 11.5 Å². The van der Waals surface area contributed by atoms with Crippen molar-refractivity contribution in [1.29, 1.82) is 0 Å². The smallest absolute Gasteiger partial charge is 0.122 e. The van der Waals surface area contributed by atoms with Crippen LogP contribution in [0.3, 0.4) is 0 Å². The third-order valence-electron chi connectivity index (χ3n) is 4.37. The maximum atomic E-state index is 5.65. The van der Waals surface area contributed by atoms with Crippen molar-refractivity contribution >= 4 is 11.5 Å². The van der Waals surface area contributed by atoms with E-state index in [4.69, 9.17) is 5.73 Å². The number of nitrogens with zero attached hydrogens (tertiary/aromatic N) is 2. The minimum Gasteiger partial charge on any atom is -0.386 e. The van der Waals surface area contributed by atoms with Crippen LogP contribution in [0.25, 0.3) is 0 Å². The van der Waals surface area contributed by atoms with Crippen molar-refractivity contribution in [3.63, 3.8) is 0 Å². The average molecular weight is 235 g/mol. The second-order valence-corrected chi connectivity index (χ2v) is 6.60. The molecule has 0 atom stereocenters. The van der Waals surface area contributed by atoms with Crippen LogP contribution < -0.4 is 5.73 Å². The third-order valence-corrected chi connectivity index (χ3v) is 4.37. The quantitative estimate of drug-likeness (QED) is 0.744. The predicted octanol–water partition coefficient (Wildman–Crippen LogP) is 3.35. The zero-order valence-corrected chi connectivity index (χ0v) is 11.4. The lowest BCUT2D eigenvalue weighted by Gasteiger charge is -2.37. The lowest BCUT2D eigenvalue weighted by molar-refractivity contribution is 0.166. The molecule has 2 N–H and O–H groups in total. The second-order valence-electron chi connectivity index (χ2n) is 6.60. The average Bonchev–Trinajstić information content (AvgIpc) is 2.29. The van der Waals surface area contributed by atoms with Gasteiger partial charge in [-0.15, -0.1) is 5.10 Å². The summed E-state index contributed by atoms with van der Waals surface area (Å²) in [6.07, 6.45) is 7.18. The third kappa shape index (κ3) is 3.08. The maximum Gasteiger partial charge on any atom is 0.122 e. The molecule has 17 heavy (non-hydrogen) atoms. The van der Waals surface area contributed by atoms with Crippen LogP contribution in [0.1, 0.15) is 59.3 Å². The summed E-state index contributed by atoms with van der Waals surface area (Å²) in [5.74, 6) is 2.24. The van der Waals surface area contributed by atoms with Gasteiger partial charge in [0.05, 0.1) is 0 Å². The maximum absolute atomic E-state index is 5.65. The first kappa shape index (κ1) is 12.6. The van der Waals surface area contributed by atoms with Crippen molar-refractivity contribution in [3.8, 4) is 0 Å². The van der Waals surface area contributed by atoms with Gasteiger partial charge in [0, 0.05) is 12.1 Å². The molecule has 2 rings (SSSR count). The molecular weight excluding hydrogens is 210 g/mol. The Labute approximate surface area is 105 Å². The molecule has 0 aromatic carbocycles. The van der Waals surface area contributed by atoms with Crippen molar-refractivity contribution in [3.05, 3.63) is 0 Å². The van der Waals surface area contributed by atoms with E-state index < -0.39 is 0 Å². The van der Waals surface area contributed by atoms with Crippen molar-refractivity contribution in [2.75, 3.05) is 0 Å². The van der Waals surface area contributed by atoms with Gasteiger partial charge in [-0.2, -0.15) is 5.10 Å². The molecule has 1 fully saturated rings. The molecule has 0 amide bonds. The Balaban J connectivity index is 1.92. The highest BCUT2D eigenvalue weighted by atomic mass is 15.2. The molecule has 96 valence electrons. The molecule has 2 aliphatic rings. The minimum atomic E-state index is 0.460. The van der Waals surface area contributed by atoms with Gasteiger partial charge in [-0.05, 0) is 49.4 Å². The summed E-state index contributed by atoms with van der Waals surface area (Å²) >= 11 is 0. The zero-order chi connectivity index (χ0) is 12.5. The Bertz CT molecular complexity index is 328. The molecule has 0 unspecified atom stereocenters. The second kappa shape index (κ2) is 4.79. The van der Waals surface area contributed by atoms with Gasteiger partial charge in [-0.3, -0.25) is 0 Å². The predicted molar refractivity (Wildman–Crippen MR) is 73.2 cm³/mol. The van der Waals surface area contributed by atoms with E-state index in [1.54, 1.807) is 0 Å². The summed E-state index contributed by atoms with van der Waals surface area (Å²) in [5.41, 5.74) is 7.41. The van der Waals surface area contributed by atoms with Crippen LogP contribution in [0.4, 0.5) is 0 Å². The summed E-state index contributed by atoms with van der Waals surface area (Å²) in [5, 5.41) is 8.34. The van der Waals surface area contributed by atoms with Gasteiger partial charge < -0.3 is 5.73 Å². The van der Waals surface area contributed by atoms with E-state index in [2.05, 4.69) is 31.0 Å². The van der Waals surface area contributed by atoms with Gasteiger partial charge >= 0.3 is 0 Å².